The number of sulfonamides is 1. The van der Waals surface area contributed by atoms with Crippen molar-refractivity contribution in [1.29, 1.82) is 0 Å². The molecule has 0 aliphatic heterocycles. The molecule has 1 aromatic carbocycles. The molecule has 1 heterocycles. The van der Waals surface area contributed by atoms with Crippen molar-refractivity contribution < 1.29 is 18.3 Å². The zero-order valence-electron chi connectivity index (χ0n) is 11.6. The normalized spacial score (nSPS) is 13.8. The van der Waals surface area contributed by atoms with Crippen molar-refractivity contribution in [3.8, 4) is 0 Å². The summed E-state index contributed by atoms with van der Waals surface area (Å²) in [4.78, 5) is 12.3. The van der Waals surface area contributed by atoms with Gasteiger partial charge in [0.15, 0.2) is 0 Å². The Morgan fingerprint density at radius 3 is 2.43 bits per heavy atom. The molecule has 0 saturated heterocycles. The Bertz CT molecular complexity index is 885. The summed E-state index contributed by atoms with van der Waals surface area (Å²) >= 11 is 12.8. The van der Waals surface area contributed by atoms with Crippen LogP contribution in [-0.4, -0.2) is 19.5 Å². The van der Waals surface area contributed by atoms with E-state index in [1.165, 1.54) is 29.5 Å². The maximum absolute atomic E-state index is 12.5. The van der Waals surface area contributed by atoms with Crippen molar-refractivity contribution in [2.24, 2.45) is 0 Å². The Morgan fingerprint density at radius 1 is 1.17 bits per heavy atom. The van der Waals surface area contributed by atoms with Gasteiger partial charge in [-0.25, -0.2) is 13.2 Å². The number of aryl methyl sites for hydroxylation is 1. The summed E-state index contributed by atoms with van der Waals surface area (Å²) in [7, 11) is -3.97. The van der Waals surface area contributed by atoms with Gasteiger partial charge in [0.2, 0.25) is 0 Å². The summed E-state index contributed by atoms with van der Waals surface area (Å²) in [6.45, 7) is 0. The number of aromatic carboxylic acids is 1. The Kier molecular flexibility index (Phi) is 4.31. The zero-order chi connectivity index (χ0) is 16.8. The third-order valence-electron chi connectivity index (χ3n) is 3.51. The highest BCUT2D eigenvalue weighted by Crippen LogP contribution is 2.40. The minimum Gasteiger partial charge on any atom is -0.478 e. The van der Waals surface area contributed by atoms with Crippen molar-refractivity contribution in [3.05, 3.63) is 44.2 Å². The van der Waals surface area contributed by atoms with Gasteiger partial charge in [-0.2, -0.15) is 0 Å². The van der Waals surface area contributed by atoms with Crippen molar-refractivity contribution in [3.63, 3.8) is 0 Å². The minimum absolute atomic E-state index is 0.0409. The molecule has 1 aliphatic carbocycles. The Morgan fingerprint density at radius 2 is 1.83 bits per heavy atom. The third-order valence-corrected chi connectivity index (χ3v) is 6.61. The molecule has 0 bridgehead atoms. The predicted molar refractivity (Wildman–Crippen MR) is 90.6 cm³/mol. The van der Waals surface area contributed by atoms with Gasteiger partial charge < -0.3 is 5.11 Å². The van der Waals surface area contributed by atoms with Crippen molar-refractivity contribution in [1.82, 2.24) is 0 Å². The molecule has 1 aliphatic rings. The molecule has 5 nitrogen and oxygen atoms in total. The number of fused-ring (bicyclic) bond motifs is 1. The molecule has 0 amide bonds. The maximum Gasteiger partial charge on any atom is 0.339 e. The molecular formula is C14H11Cl2NO4S2. The van der Waals surface area contributed by atoms with Crippen LogP contribution in [0.2, 0.25) is 10.0 Å². The van der Waals surface area contributed by atoms with E-state index in [1.807, 2.05) is 0 Å². The highest BCUT2D eigenvalue weighted by Gasteiger charge is 2.29. The van der Waals surface area contributed by atoms with Gasteiger partial charge >= 0.3 is 5.97 Å². The molecule has 0 fully saturated rings. The van der Waals surface area contributed by atoms with Crippen LogP contribution in [0.3, 0.4) is 0 Å². The van der Waals surface area contributed by atoms with Gasteiger partial charge in [0.05, 0.1) is 10.5 Å². The molecule has 0 radical (unpaired) electrons. The highest BCUT2D eigenvalue weighted by atomic mass is 35.5. The molecule has 0 unspecified atom stereocenters. The third kappa shape index (κ3) is 3.19. The molecule has 0 spiro atoms. The first-order valence-corrected chi connectivity index (χ1v) is 9.70. The zero-order valence-corrected chi connectivity index (χ0v) is 14.7. The largest absolute Gasteiger partial charge is 0.478 e. The van der Waals surface area contributed by atoms with Gasteiger partial charge in [-0.1, -0.05) is 23.2 Å². The van der Waals surface area contributed by atoms with E-state index in [-0.39, 0.29) is 25.5 Å². The Balaban J connectivity index is 2.03. The lowest BCUT2D eigenvalue weighted by atomic mass is 10.1. The van der Waals surface area contributed by atoms with Gasteiger partial charge in [-0.05, 0) is 43.0 Å². The summed E-state index contributed by atoms with van der Waals surface area (Å²) in [6.07, 6.45) is 2.31. The fourth-order valence-electron chi connectivity index (χ4n) is 2.57. The summed E-state index contributed by atoms with van der Waals surface area (Å²) in [5.41, 5.74) is 0.767. The summed E-state index contributed by atoms with van der Waals surface area (Å²) < 4.78 is 27.3. The number of halogens is 2. The number of hydrogen-bond donors (Lipinski definition) is 2. The monoisotopic (exact) mass is 391 g/mol. The van der Waals surface area contributed by atoms with E-state index in [4.69, 9.17) is 23.2 Å². The fourth-order valence-corrected chi connectivity index (χ4v) is 5.88. The first kappa shape index (κ1) is 16.6. The lowest BCUT2D eigenvalue weighted by Crippen LogP contribution is -2.14. The summed E-state index contributed by atoms with van der Waals surface area (Å²) in [5.74, 6) is -1.13. The van der Waals surface area contributed by atoms with Crippen LogP contribution in [0.4, 0.5) is 5.00 Å². The van der Waals surface area contributed by atoms with Crippen LogP contribution in [-0.2, 0) is 22.9 Å². The van der Waals surface area contributed by atoms with Crippen LogP contribution >= 0.6 is 34.5 Å². The molecular weight excluding hydrogens is 381 g/mol. The molecule has 23 heavy (non-hydrogen) atoms. The molecule has 0 saturated carbocycles. The number of rotatable bonds is 4. The van der Waals surface area contributed by atoms with E-state index in [0.717, 1.165) is 23.3 Å². The topological polar surface area (TPSA) is 83.5 Å². The Hall–Kier alpha value is -1.28. The van der Waals surface area contributed by atoms with Crippen LogP contribution in [0.25, 0.3) is 0 Å². The average Bonchev–Trinajstić information content (AvgIpc) is 2.96. The van der Waals surface area contributed by atoms with E-state index in [2.05, 4.69) is 4.72 Å². The van der Waals surface area contributed by atoms with Crippen molar-refractivity contribution in [2.75, 3.05) is 4.72 Å². The van der Waals surface area contributed by atoms with Crippen molar-refractivity contribution >= 4 is 55.5 Å². The average molecular weight is 392 g/mol. The number of carbonyl (C=O) groups is 1. The second-order valence-electron chi connectivity index (χ2n) is 5.08. The predicted octanol–water partition coefficient (Wildman–Crippen LogP) is 4.04. The van der Waals surface area contributed by atoms with Crippen LogP contribution in [0, 0.1) is 0 Å². The fraction of sp³-hybridized carbons (Fsp3) is 0.214. The molecule has 1 aromatic heterocycles. The minimum atomic E-state index is -3.97. The van der Waals surface area contributed by atoms with Gasteiger partial charge in [0.25, 0.3) is 10.0 Å². The van der Waals surface area contributed by atoms with Crippen LogP contribution < -0.4 is 4.72 Å². The van der Waals surface area contributed by atoms with E-state index >= 15 is 0 Å². The van der Waals surface area contributed by atoms with E-state index < -0.39 is 16.0 Å². The van der Waals surface area contributed by atoms with E-state index in [9.17, 15) is 18.3 Å². The standard InChI is InChI=1S/C14H11Cl2NO4S2/c15-7-4-8(16)6-9(5-7)23(20,21)17-13-12(14(18)19)10-2-1-3-11(10)22-13/h4-6,17H,1-3H2,(H,18,19). The molecule has 9 heteroatoms. The van der Waals surface area contributed by atoms with Crippen LogP contribution in [0.1, 0.15) is 27.2 Å². The number of thiophene rings is 1. The lowest BCUT2D eigenvalue weighted by molar-refractivity contribution is 0.0697. The number of hydrogen-bond acceptors (Lipinski definition) is 4. The van der Waals surface area contributed by atoms with Gasteiger partial charge in [-0.3, -0.25) is 4.72 Å². The number of anilines is 1. The molecule has 3 rings (SSSR count). The van der Waals surface area contributed by atoms with Crippen LogP contribution in [0.15, 0.2) is 23.1 Å². The molecule has 122 valence electrons. The van der Waals surface area contributed by atoms with Crippen molar-refractivity contribution in [2.45, 2.75) is 24.2 Å². The van der Waals surface area contributed by atoms with Crippen LogP contribution in [0.5, 0.6) is 0 Å². The second-order valence-corrected chi connectivity index (χ2v) is 8.74. The second kappa shape index (κ2) is 5.98. The molecule has 2 N–H and O–H groups in total. The first-order valence-electron chi connectivity index (χ1n) is 6.64. The Labute approximate surface area is 146 Å². The summed E-state index contributed by atoms with van der Waals surface area (Å²) in [6, 6.07) is 3.94. The highest BCUT2D eigenvalue weighted by molar-refractivity contribution is 7.93. The van der Waals surface area contributed by atoms with E-state index in [1.54, 1.807) is 0 Å². The molecule has 0 atom stereocenters. The van der Waals surface area contributed by atoms with Gasteiger partial charge in [0, 0.05) is 14.9 Å². The lowest BCUT2D eigenvalue weighted by Gasteiger charge is -2.09. The van der Waals surface area contributed by atoms with Gasteiger partial charge in [-0.15, -0.1) is 11.3 Å². The number of nitrogens with one attached hydrogen (secondary N) is 1. The van der Waals surface area contributed by atoms with E-state index in [0.29, 0.717) is 6.42 Å². The number of carboxylic acids is 1. The first-order chi connectivity index (χ1) is 10.8. The smallest absolute Gasteiger partial charge is 0.339 e. The number of carboxylic acid groups (broad SMARTS) is 1. The number of benzene rings is 1. The molecule has 2 aromatic rings. The summed E-state index contributed by atoms with van der Waals surface area (Å²) in [5, 5.41) is 9.90. The van der Waals surface area contributed by atoms with Gasteiger partial charge in [0.1, 0.15) is 5.00 Å². The maximum atomic E-state index is 12.5. The SMILES string of the molecule is O=C(O)c1c(NS(=O)(=O)c2cc(Cl)cc(Cl)c2)sc2c1CCC2. The quantitative estimate of drug-likeness (QED) is 0.823.